The Morgan fingerprint density at radius 1 is 1.06 bits per heavy atom. The van der Waals surface area contributed by atoms with E-state index in [2.05, 4.69) is 4.98 Å². The number of aromatic nitrogens is 1. The summed E-state index contributed by atoms with van der Waals surface area (Å²) < 4.78 is 0. The van der Waals surface area contributed by atoms with Gasteiger partial charge in [0, 0.05) is 5.57 Å². The molecule has 2 rings (SSSR count). The van der Waals surface area contributed by atoms with Crippen molar-refractivity contribution in [3.8, 4) is 0 Å². The minimum absolute atomic E-state index is 0.378. The molecule has 3 heteroatoms. The Morgan fingerprint density at radius 3 is 2.47 bits per heavy atom. The fraction of sp³-hybridized carbons (Fsp3) is 0. The highest BCUT2D eigenvalue weighted by atomic mass is 35.5. The van der Waals surface area contributed by atoms with Crippen molar-refractivity contribution in [1.29, 1.82) is 0 Å². The third-order valence-corrected chi connectivity index (χ3v) is 2.47. The van der Waals surface area contributed by atoms with Crippen LogP contribution >= 0.6 is 11.6 Å². The smallest absolute Gasteiger partial charge is 0.152 e. The van der Waals surface area contributed by atoms with E-state index < -0.39 is 0 Å². The van der Waals surface area contributed by atoms with Crippen molar-refractivity contribution in [3.63, 3.8) is 0 Å². The molecule has 0 radical (unpaired) electrons. The number of benzene rings is 1. The maximum atomic E-state index is 11.1. The molecule has 0 saturated heterocycles. The van der Waals surface area contributed by atoms with Crippen molar-refractivity contribution in [2.45, 2.75) is 0 Å². The van der Waals surface area contributed by atoms with Crippen LogP contribution < -0.4 is 0 Å². The summed E-state index contributed by atoms with van der Waals surface area (Å²) in [6.07, 6.45) is 2.57. The first-order valence-corrected chi connectivity index (χ1v) is 5.52. The van der Waals surface area contributed by atoms with Crippen LogP contribution in [-0.2, 0) is 4.79 Å². The van der Waals surface area contributed by atoms with E-state index in [1.54, 1.807) is 24.3 Å². The van der Waals surface area contributed by atoms with Crippen LogP contribution in [0.3, 0.4) is 0 Å². The van der Waals surface area contributed by atoms with E-state index in [0.717, 1.165) is 11.8 Å². The van der Waals surface area contributed by atoms with Crippen LogP contribution in [0, 0.1) is 0 Å². The number of hydrogen-bond acceptors (Lipinski definition) is 2. The summed E-state index contributed by atoms with van der Waals surface area (Å²) in [5.41, 5.74) is 2.05. The number of halogens is 1. The van der Waals surface area contributed by atoms with E-state index >= 15 is 0 Å². The number of aldehydes is 1. The van der Waals surface area contributed by atoms with Gasteiger partial charge in [0.15, 0.2) is 6.29 Å². The highest BCUT2D eigenvalue weighted by Gasteiger charge is 2.02. The highest BCUT2D eigenvalue weighted by Crippen LogP contribution is 2.16. The maximum absolute atomic E-state index is 11.1. The highest BCUT2D eigenvalue weighted by molar-refractivity contribution is 6.29. The molecule has 0 spiro atoms. The van der Waals surface area contributed by atoms with Gasteiger partial charge in [0.05, 0.1) is 5.69 Å². The molecule has 0 N–H and O–H groups in total. The van der Waals surface area contributed by atoms with Crippen LogP contribution in [-0.4, -0.2) is 11.3 Å². The zero-order valence-electron chi connectivity index (χ0n) is 9.01. The minimum Gasteiger partial charge on any atom is -0.298 e. The van der Waals surface area contributed by atoms with Crippen LogP contribution in [0.5, 0.6) is 0 Å². The summed E-state index contributed by atoms with van der Waals surface area (Å²) >= 11 is 5.79. The number of carbonyl (C=O) groups excluding carboxylic acids is 1. The third kappa shape index (κ3) is 3.02. The Labute approximate surface area is 105 Å². The molecule has 0 aliphatic heterocycles. The van der Waals surface area contributed by atoms with Crippen LogP contribution in [0.2, 0.25) is 5.15 Å². The lowest BCUT2D eigenvalue weighted by Crippen LogP contribution is -1.90. The second kappa shape index (κ2) is 5.41. The first-order valence-electron chi connectivity index (χ1n) is 5.14. The summed E-state index contributed by atoms with van der Waals surface area (Å²) in [6.45, 7) is 0. The number of pyridine rings is 1. The first kappa shape index (κ1) is 11.6. The van der Waals surface area contributed by atoms with Gasteiger partial charge in [-0.2, -0.15) is 0 Å². The second-order valence-corrected chi connectivity index (χ2v) is 3.86. The predicted molar refractivity (Wildman–Crippen MR) is 69.6 cm³/mol. The molecule has 1 aromatic carbocycles. The number of hydrogen-bond donors (Lipinski definition) is 0. The van der Waals surface area contributed by atoms with Crippen LogP contribution in [0.1, 0.15) is 11.3 Å². The van der Waals surface area contributed by atoms with Crippen LogP contribution in [0.15, 0.2) is 48.5 Å². The van der Waals surface area contributed by atoms with Gasteiger partial charge < -0.3 is 0 Å². The average Bonchev–Trinajstić information content (AvgIpc) is 2.37. The molecule has 0 unspecified atom stereocenters. The number of carbonyl (C=O) groups is 1. The molecule has 1 heterocycles. The van der Waals surface area contributed by atoms with Crippen molar-refractivity contribution in [1.82, 2.24) is 4.98 Å². The van der Waals surface area contributed by atoms with E-state index in [1.807, 2.05) is 30.3 Å². The van der Waals surface area contributed by atoms with Gasteiger partial charge in [-0.15, -0.1) is 0 Å². The lowest BCUT2D eigenvalue weighted by atomic mass is 10.1. The van der Waals surface area contributed by atoms with Crippen molar-refractivity contribution in [2.75, 3.05) is 0 Å². The minimum atomic E-state index is 0.378. The number of rotatable bonds is 3. The predicted octanol–water partition coefficient (Wildman–Crippen LogP) is 3.47. The van der Waals surface area contributed by atoms with E-state index in [9.17, 15) is 4.79 Å². The Balaban J connectivity index is 2.41. The molecule has 0 saturated carbocycles. The molecule has 0 atom stereocenters. The van der Waals surface area contributed by atoms with Gasteiger partial charge in [-0.1, -0.05) is 48.0 Å². The third-order valence-electron chi connectivity index (χ3n) is 2.26. The van der Waals surface area contributed by atoms with Crippen molar-refractivity contribution < 1.29 is 4.79 Å². The zero-order chi connectivity index (χ0) is 12.1. The van der Waals surface area contributed by atoms with Crippen LogP contribution in [0.4, 0.5) is 0 Å². The summed E-state index contributed by atoms with van der Waals surface area (Å²) in [5.74, 6) is 0. The molecule has 0 fully saturated rings. The van der Waals surface area contributed by atoms with Gasteiger partial charge in [-0.05, 0) is 23.8 Å². The summed E-state index contributed by atoms with van der Waals surface area (Å²) in [7, 11) is 0. The molecule has 1 aromatic heterocycles. The lowest BCUT2D eigenvalue weighted by molar-refractivity contribution is -0.103. The van der Waals surface area contributed by atoms with Crippen molar-refractivity contribution >= 4 is 29.5 Å². The largest absolute Gasteiger partial charge is 0.298 e. The monoisotopic (exact) mass is 243 g/mol. The Hall–Kier alpha value is -1.93. The average molecular weight is 244 g/mol. The van der Waals surface area contributed by atoms with Gasteiger partial charge in [-0.3, -0.25) is 4.79 Å². The van der Waals surface area contributed by atoms with Gasteiger partial charge in [0.1, 0.15) is 5.15 Å². The van der Waals surface area contributed by atoms with Gasteiger partial charge in [0.2, 0.25) is 0 Å². The topological polar surface area (TPSA) is 30.0 Å². The lowest BCUT2D eigenvalue weighted by Gasteiger charge is -2.00. The molecule has 0 aliphatic carbocycles. The normalized spacial score (nSPS) is 11.2. The Kier molecular flexibility index (Phi) is 3.68. The quantitative estimate of drug-likeness (QED) is 0.469. The Morgan fingerprint density at radius 2 is 1.82 bits per heavy atom. The summed E-state index contributed by atoms with van der Waals surface area (Å²) in [6, 6.07) is 14.8. The van der Waals surface area contributed by atoms with E-state index in [0.29, 0.717) is 16.4 Å². The maximum Gasteiger partial charge on any atom is 0.152 e. The number of allylic oxidation sites excluding steroid dienone is 1. The SMILES string of the molecule is O=CC(=Cc1ccccc1)c1cccc(Cl)n1. The fourth-order valence-corrected chi connectivity index (χ4v) is 1.63. The molecular weight excluding hydrogens is 234 g/mol. The molecule has 0 amide bonds. The molecule has 0 bridgehead atoms. The van der Waals surface area contributed by atoms with Crippen molar-refractivity contribution in [3.05, 3.63) is 64.9 Å². The molecule has 2 nitrogen and oxygen atoms in total. The van der Waals surface area contributed by atoms with E-state index in [4.69, 9.17) is 11.6 Å². The van der Waals surface area contributed by atoms with Gasteiger partial charge in [0.25, 0.3) is 0 Å². The summed E-state index contributed by atoms with van der Waals surface area (Å²) in [5, 5.41) is 0.378. The van der Waals surface area contributed by atoms with Crippen LogP contribution in [0.25, 0.3) is 11.6 Å². The van der Waals surface area contributed by atoms with Gasteiger partial charge >= 0.3 is 0 Å². The number of nitrogens with zero attached hydrogens (tertiary/aromatic N) is 1. The van der Waals surface area contributed by atoms with Gasteiger partial charge in [-0.25, -0.2) is 4.98 Å². The second-order valence-electron chi connectivity index (χ2n) is 3.47. The first-order chi connectivity index (χ1) is 8.29. The molecule has 0 aliphatic rings. The fourth-order valence-electron chi connectivity index (χ4n) is 1.47. The van der Waals surface area contributed by atoms with E-state index in [-0.39, 0.29) is 0 Å². The van der Waals surface area contributed by atoms with Crippen molar-refractivity contribution in [2.24, 2.45) is 0 Å². The Bertz CT molecular complexity index is 549. The molecule has 84 valence electrons. The molecule has 2 aromatic rings. The molecular formula is C14H10ClNO. The zero-order valence-corrected chi connectivity index (χ0v) is 9.76. The molecule has 17 heavy (non-hydrogen) atoms. The van der Waals surface area contributed by atoms with E-state index in [1.165, 1.54) is 0 Å². The standard InChI is InChI=1S/C14H10ClNO/c15-14-8-4-7-13(16-14)12(10-17)9-11-5-2-1-3-6-11/h1-10H. The summed E-state index contributed by atoms with van der Waals surface area (Å²) in [4.78, 5) is 15.2.